The Kier molecular flexibility index (Phi) is 1.57. The van der Waals surface area contributed by atoms with Crippen LogP contribution in [0.25, 0.3) is 16.6 Å². The van der Waals surface area contributed by atoms with E-state index in [0.29, 0.717) is 0 Å². The zero-order chi connectivity index (χ0) is 9.38. The van der Waals surface area contributed by atoms with Gasteiger partial charge in [-0.05, 0) is 23.6 Å². The molecule has 0 atom stereocenters. The summed E-state index contributed by atoms with van der Waals surface area (Å²) in [4.78, 5) is 0. The Balaban J connectivity index is 2.22. The lowest BCUT2D eigenvalue weighted by Gasteiger charge is -2.05. The molecule has 1 aliphatic rings. The van der Waals surface area contributed by atoms with Crippen molar-refractivity contribution in [1.82, 2.24) is 4.57 Å². The van der Waals surface area contributed by atoms with Gasteiger partial charge in [-0.15, -0.1) is 0 Å². The van der Waals surface area contributed by atoms with Crippen molar-refractivity contribution < 1.29 is 0 Å². The fourth-order valence-electron chi connectivity index (χ4n) is 1.95. The molecule has 2 aromatic rings. The standard InChI is InChI=1S/C13H11N/c1-4-8-13-11(5-1)9-10-14(13)12-6-2-3-7-12/h1-6,8-10H,7H2. The molecular formula is C13H11N. The van der Waals surface area contributed by atoms with Gasteiger partial charge in [-0.1, -0.05) is 30.4 Å². The Morgan fingerprint density at radius 3 is 2.86 bits per heavy atom. The number of hydrogen-bond donors (Lipinski definition) is 0. The first-order chi connectivity index (χ1) is 6.95. The van der Waals surface area contributed by atoms with Crippen molar-refractivity contribution in [1.29, 1.82) is 0 Å². The van der Waals surface area contributed by atoms with Gasteiger partial charge in [0.25, 0.3) is 0 Å². The lowest BCUT2D eigenvalue weighted by atomic mass is 10.2. The number of allylic oxidation sites excluding steroid dienone is 4. The molecule has 1 heterocycles. The van der Waals surface area contributed by atoms with Crippen LogP contribution in [-0.2, 0) is 0 Å². The van der Waals surface area contributed by atoms with Crippen LogP contribution in [0, 0.1) is 0 Å². The molecule has 0 bridgehead atoms. The van der Waals surface area contributed by atoms with Crippen molar-refractivity contribution in [3.05, 3.63) is 54.8 Å². The topological polar surface area (TPSA) is 4.93 Å². The van der Waals surface area contributed by atoms with Crippen LogP contribution in [0.4, 0.5) is 0 Å². The zero-order valence-corrected chi connectivity index (χ0v) is 7.85. The number of para-hydroxylation sites is 1. The quantitative estimate of drug-likeness (QED) is 0.635. The Bertz CT molecular complexity index is 529. The van der Waals surface area contributed by atoms with E-state index in [0.717, 1.165) is 6.42 Å². The number of benzene rings is 1. The molecule has 1 nitrogen and oxygen atoms in total. The molecular weight excluding hydrogens is 170 g/mol. The second-order valence-electron chi connectivity index (χ2n) is 3.53. The van der Waals surface area contributed by atoms with E-state index in [1.807, 2.05) is 0 Å². The smallest absolute Gasteiger partial charge is 0.0525 e. The molecule has 0 aliphatic heterocycles. The Morgan fingerprint density at radius 1 is 1.07 bits per heavy atom. The second-order valence-corrected chi connectivity index (χ2v) is 3.53. The minimum absolute atomic E-state index is 1.04. The van der Waals surface area contributed by atoms with Gasteiger partial charge in [-0.3, -0.25) is 0 Å². The highest BCUT2D eigenvalue weighted by atomic mass is 15.0. The molecule has 1 heteroatoms. The summed E-state index contributed by atoms with van der Waals surface area (Å²) in [6.45, 7) is 0. The summed E-state index contributed by atoms with van der Waals surface area (Å²) in [6, 6.07) is 10.6. The van der Waals surface area contributed by atoms with Crippen LogP contribution in [-0.4, -0.2) is 4.57 Å². The summed E-state index contributed by atoms with van der Waals surface area (Å²) in [5.74, 6) is 0. The van der Waals surface area contributed by atoms with Crippen molar-refractivity contribution in [3.8, 4) is 0 Å². The van der Waals surface area contributed by atoms with Crippen molar-refractivity contribution in [2.45, 2.75) is 6.42 Å². The zero-order valence-electron chi connectivity index (χ0n) is 7.85. The molecule has 0 spiro atoms. The van der Waals surface area contributed by atoms with Gasteiger partial charge in [0.05, 0.1) is 5.52 Å². The highest BCUT2D eigenvalue weighted by Crippen LogP contribution is 2.23. The van der Waals surface area contributed by atoms with E-state index >= 15 is 0 Å². The first-order valence-corrected chi connectivity index (χ1v) is 4.87. The maximum absolute atomic E-state index is 2.26. The van der Waals surface area contributed by atoms with Gasteiger partial charge in [0, 0.05) is 18.3 Å². The van der Waals surface area contributed by atoms with Gasteiger partial charge in [0.15, 0.2) is 0 Å². The number of fused-ring (bicyclic) bond motifs is 1. The molecule has 0 amide bonds. The third-order valence-electron chi connectivity index (χ3n) is 2.66. The normalized spacial score (nSPS) is 15.0. The largest absolute Gasteiger partial charge is 0.320 e. The lowest BCUT2D eigenvalue weighted by molar-refractivity contribution is 1.11. The first kappa shape index (κ1) is 7.63. The van der Waals surface area contributed by atoms with Crippen LogP contribution < -0.4 is 0 Å². The molecule has 0 radical (unpaired) electrons. The number of rotatable bonds is 1. The van der Waals surface area contributed by atoms with Crippen LogP contribution >= 0.6 is 0 Å². The highest BCUT2D eigenvalue weighted by Gasteiger charge is 2.05. The van der Waals surface area contributed by atoms with E-state index in [-0.39, 0.29) is 0 Å². The summed E-state index contributed by atoms with van der Waals surface area (Å²) in [7, 11) is 0. The van der Waals surface area contributed by atoms with Crippen LogP contribution in [0.1, 0.15) is 6.42 Å². The van der Waals surface area contributed by atoms with Crippen LogP contribution in [0.3, 0.4) is 0 Å². The van der Waals surface area contributed by atoms with E-state index in [1.165, 1.54) is 16.6 Å². The van der Waals surface area contributed by atoms with Crippen molar-refractivity contribution >= 4 is 16.6 Å². The summed E-state index contributed by atoms with van der Waals surface area (Å²) >= 11 is 0. The molecule has 1 aliphatic carbocycles. The fraction of sp³-hybridized carbons (Fsp3) is 0.0769. The predicted molar refractivity (Wildman–Crippen MR) is 60.0 cm³/mol. The average Bonchev–Trinajstić information content (AvgIpc) is 2.85. The molecule has 0 N–H and O–H groups in total. The van der Waals surface area contributed by atoms with Crippen LogP contribution in [0.15, 0.2) is 54.8 Å². The molecule has 0 unspecified atom stereocenters. The third kappa shape index (κ3) is 1.02. The summed E-state index contributed by atoms with van der Waals surface area (Å²) in [5, 5.41) is 1.31. The number of hydrogen-bond acceptors (Lipinski definition) is 0. The van der Waals surface area contributed by atoms with E-state index in [2.05, 4.69) is 59.3 Å². The van der Waals surface area contributed by atoms with E-state index in [1.54, 1.807) is 0 Å². The molecule has 3 rings (SSSR count). The number of nitrogens with zero attached hydrogens (tertiary/aromatic N) is 1. The minimum atomic E-state index is 1.04. The van der Waals surface area contributed by atoms with Gasteiger partial charge in [0.2, 0.25) is 0 Å². The number of aromatic nitrogens is 1. The molecule has 68 valence electrons. The Morgan fingerprint density at radius 2 is 2.00 bits per heavy atom. The highest BCUT2D eigenvalue weighted by molar-refractivity contribution is 5.83. The molecule has 0 saturated carbocycles. The first-order valence-electron chi connectivity index (χ1n) is 4.87. The maximum atomic E-state index is 2.26. The minimum Gasteiger partial charge on any atom is -0.320 e. The summed E-state index contributed by atoms with van der Waals surface area (Å²) in [5.41, 5.74) is 2.65. The molecule has 0 fully saturated rings. The van der Waals surface area contributed by atoms with Gasteiger partial charge in [-0.25, -0.2) is 0 Å². The second kappa shape index (κ2) is 2.88. The Hall–Kier alpha value is -1.76. The molecule has 0 saturated heterocycles. The third-order valence-corrected chi connectivity index (χ3v) is 2.66. The summed E-state index contributed by atoms with van der Waals surface area (Å²) in [6.07, 6.45) is 9.66. The monoisotopic (exact) mass is 181 g/mol. The van der Waals surface area contributed by atoms with E-state index in [9.17, 15) is 0 Å². The van der Waals surface area contributed by atoms with Gasteiger partial charge in [-0.2, -0.15) is 0 Å². The van der Waals surface area contributed by atoms with E-state index < -0.39 is 0 Å². The van der Waals surface area contributed by atoms with E-state index in [4.69, 9.17) is 0 Å². The van der Waals surface area contributed by atoms with Crippen molar-refractivity contribution in [2.75, 3.05) is 0 Å². The maximum Gasteiger partial charge on any atom is 0.0525 e. The van der Waals surface area contributed by atoms with Crippen molar-refractivity contribution in [3.63, 3.8) is 0 Å². The molecule has 1 aromatic heterocycles. The van der Waals surface area contributed by atoms with Crippen molar-refractivity contribution in [2.24, 2.45) is 0 Å². The van der Waals surface area contributed by atoms with Crippen LogP contribution in [0.5, 0.6) is 0 Å². The average molecular weight is 181 g/mol. The lowest BCUT2D eigenvalue weighted by Crippen LogP contribution is -1.91. The molecule has 14 heavy (non-hydrogen) atoms. The van der Waals surface area contributed by atoms with Gasteiger partial charge < -0.3 is 4.57 Å². The van der Waals surface area contributed by atoms with Gasteiger partial charge in [0.1, 0.15) is 0 Å². The Labute approximate surface area is 83.0 Å². The van der Waals surface area contributed by atoms with Crippen LogP contribution in [0.2, 0.25) is 0 Å². The van der Waals surface area contributed by atoms with Gasteiger partial charge >= 0.3 is 0 Å². The fourth-order valence-corrected chi connectivity index (χ4v) is 1.95. The predicted octanol–water partition coefficient (Wildman–Crippen LogP) is 3.44. The summed E-state index contributed by atoms with van der Waals surface area (Å²) < 4.78 is 2.26. The molecule has 1 aromatic carbocycles. The SMILES string of the molecule is C1=CCC(n2ccc3ccccc32)=C1.